The molecule has 4 nitrogen and oxygen atoms in total. The van der Waals surface area contributed by atoms with Gasteiger partial charge in [0.2, 0.25) is 5.91 Å². The normalized spacial score (nSPS) is 23.2. The molecule has 0 aromatic rings. The lowest BCUT2D eigenvalue weighted by atomic mass is 10.2. The molecule has 1 aliphatic rings. The summed E-state index contributed by atoms with van der Waals surface area (Å²) in [5, 5.41) is 4.54. The Kier molecular flexibility index (Phi) is 3.70. The highest BCUT2D eigenvalue weighted by atomic mass is 19.4. The number of hydrogen-bond acceptors (Lipinski definition) is 3. The number of amides is 1. The molecule has 0 spiro atoms. The van der Waals surface area contributed by atoms with Gasteiger partial charge in [0, 0.05) is 6.54 Å². The van der Waals surface area contributed by atoms with Gasteiger partial charge >= 0.3 is 6.18 Å². The fraction of sp³-hybridized carbons (Fsp3) is 0.857. The van der Waals surface area contributed by atoms with Gasteiger partial charge in [-0.25, -0.2) is 0 Å². The van der Waals surface area contributed by atoms with Gasteiger partial charge in [0.05, 0.1) is 13.2 Å². The van der Waals surface area contributed by atoms with Crippen molar-refractivity contribution in [3.8, 4) is 0 Å². The number of rotatable bonds is 2. The van der Waals surface area contributed by atoms with Crippen molar-refractivity contribution < 1.29 is 22.7 Å². The molecule has 1 fully saturated rings. The number of nitrogens with one attached hydrogen (secondary N) is 2. The van der Waals surface area contributed by atoms with Gasteiger partial charge in [0.25, 0.3) is 0 Å². The van der Waals surface area contributed by atoms with Crippen LogP contribution in [0.3, 0.4) is 0 Å². The minimum atomic E-state index is -4.37. The van der Waals surface area contributed by atoms with Gasteiger partial charge < -0.3 is 15.4 Å². The summed E-state index contributed by atoms with van der Waals surface area (Å²) in [6.45, 7) is -0.235. The third kappa shape index (κ3) is 3.93. The van der Waals surface area contributed by atoms with E-state index in [0.717, 1.165) is 0 Å². The molecule has 1 atom stereocenters. The summed E-state index contributed by atoms with van der Waals surface area (Å²) < 4.78 is 40.1. The van der Waals surface area contributed by atoms with Gasteiger partial charge in [0.15, 0.2) is 0 Å². The van der Waals surface area contributed by atoms with Crippen molar-refractivity contribution in [2.24, 2.45) is 0 Å². The molecule has 2 N–H and O–H groups in total. The molecule has 1 heterocycles. The van der Waals surface area contributed by atoms with Crippen LogP contribution in [-0.2, 0) is 9.53 Å². The monoisotopic (exact) mass is 212 g/mol. The summed E-state index contributed by atoms with van der Waals surface area (Å²) in [5.41, 5.74) is 0. The lowest BCUT2D eigenvalue weighted by Crippen LogP contribution is -2.52. The van der Waals surface area contributed by atoms with Crippen molar-refractivity contribution in [3.63, 3.8) is 0 Å². The van der Waals surface area contributed by atoms with E-state index < -0.39 is 24.7 Å². The van der Waals surface area contributed by atoms with Gasteiger partial charge in [-0.15, -0.1) is 0 Å². The third-order valence-corrected chi connectivity index (χ3v) is 1.70. The molecule has 0 radical (unpaired) electrons. The van der Waals surface area contributed by atoms with Crippen LogP contribution < -0.4 is 10.6 Å². The van der Waals surface area contributed by atoms with Crippen molar-refractivity contribution in [3.05, 3.63) is 0 Å². The number of ether oxygens (including phenoxy) is 1. The molecule has 7 heteroatoms. The summed E-state index contributed by atoms with van der Waals surface area (Å²) in [5.74, 6) is -0.679. The lowest BCUT2D eigenvalue weighted by Gasteiger charge is -2.23. The maximum Gasteiger partial charge on any atom is 0.405 e. The van der Waals surface area contributed by atoms with E-state index in [0.29, 0.717) is 13.2 Å². The minimum absolute atomic E-state index is 0.115. The van der Waals surface area contributed by atoms with Crippen molar-refractivity contribution >= 4 is 5.91 Å². The van der Waals surface area contributed by atoms with Gasteiger partial charge in [-0.05, 0) is 0 Å². The third-order valence-electron chi connectivity index (χ3n) is 1.70. The average molecular weight is 212 g/mol. The van der Waals surface area contributed by atoms with Crippen LogP contribution in [0.25, 0.3) is 0 Å². The maximum atomic E-state index is 11.7. The van der Waals surface area contributed by atoms with Crippen LogP contribution in [0.2, 0.25) is 0 Å². The van der Waals surface area contributed by atoms with Crippen molar-refractivity contribution in [1.29, 1.82) is 0 Å². The first-order valence-electron chi connectivity index (χ1n) is 4.14. The molecular weight excluding hydrogens is 201 g/mol. The molecule has 0 aromatic heterocycles. The highest BCUT2D eigenvalue weighted by Gasteiger charge is 2.30. The van der Waals surface area contributed by atoms with E-state index in [2.05, 4.69) is 5.32 Å². The smallest absolute Gasteiger partial charge is 0.378 e. The van der Waals surface area contributed by atoms with E-state index >= 15 is 0 Å². The predicted molar refractivity (Wildman–Crippen MR) is 41.7 cm³/mol. The quantitative estimate of drug-likeness (QED) is 0.658. The van der Waals surface area contributed by atoms with E-state index in [4.69, 9.17) is 4.74 Å². The summed E-state index contributed by atoms with van der Waals surface area (Å²) in [6.07, 6.45) is -4.37. The highest BCUT2D eigenvalue weighted by Crippen LogP contribution is 2.12. The van der Waals surface area contributed by atoms with Crippen LogP contribution in [0, 0.1) is 0 Å². The number of alkyl halides is 3. The van der Waals surface area contributed by atoms with Crippen LogP contribution in [-0.4, -0.2) is 44.4 Å². The topological polar surface area (TPSA) is 50.4 Å². The van der Waals surface area contributed by atoms with Crippen LogP contribution in [0.15, 0.2) is 0 Å². The Morgan fingerprint density at radius 1 is 1.57 bits per heavy atom. The molecule has 0 aliphatic carbocycles. The molecule has 0 saturated carbocycles. The van der Waals surface area contributed by atoms with Crippen LogP contribution in [0.5, 0.6) is 0 Å². The van der Waals surface area contributed by atoms with Gasteiger partial charge in [0.1, 0.15) is 12.6 Å². The molecule has 0 aromatic carbocycles. The largest absolute Gasteiger partial charge is 0.405 e. The second-order valence-electron chi connectivity index (χ2n) is 2.91. The Bertz CT molecular complexity index is 202. The highest BCUT2D eigenvalue weighted by molar-refractivity contribution is 5.82. The molecule has 1 saturated heterocycles. The van der Waals surface area contributed by atoms with E-state index in [1.807, 2.05) is 0 Å². The van der Waals surface area contributed by atoms with Crippen molar-refractivity contribution in [2.75, 3.05) is 26.3 Å². The van der Waals surface area contributed by atoms with Gasteiger partial charge in [-0.1, -0.05) is 0 Å². The molecule has 1 rings (SSSR count). The summed E-state index contributed by atoms with van der Waals surface area (Å²) in [4.78, 5) is 11.1. The van der Waals surface area contributed by atoms with Crippen molar-refractivity contribution in [2.45, 2.75) is 12.2 Å². The van der Waals surface area contributed by atoms with E-state index in [1.165, 1.54) is 0 Å². The fourth-order valence-electron chi connectivity index (χ4n) is 1.04. The Balaban J connectivity index is 2.27. The van der Waals surface area contributed by atoms with Crippen LogP contribution in [0.1, 0.15) is 0 Å². The Hall–Kier alpha value is -0.820. The van der Waals surface area contributed by atoms with Gasteiger partial charge in [-0.3, -0.25) is 4.79 Å². The second kappa shape index (κ2) is 4.61. The molecule has 0 unspecified atom stereocenters. The number of halogens is 3. The summed E-state index contributed by atoms with van der Waals surface area (Å²) >= 11 is 0. The molecule has 82 valence electrons. The summed E-state index contributed by atoms with van der Waals surface area (Å²) in [7, 11) is 0. The Morgan fingerprint density at radius 2 is 2.29 bits per heavy atom. The van der Waals surface area contributed by atoms with E-state index in [1.54, 1.807) is 5.32 Å². The lowest BCUT2D eigenvalue weighted by molar-refractivity contribution is -0.141. The van der Waals surface area contributed by atoms with Crippen molar-refractivity contribution in [1.82, 2.24) is 10.6 Å². The molecular formula is C7H11F3N2O2. The SMILES string of the molecule is O=C(NCC(F)(F)F)[C@@H]1COCCN1. The fourth-order valence-corrected chi connectivity index (χ4v) is 1.04. The first-order valence-corrected chi connectivity index (χ1v) is 4.14. The number of morpholine rings is 1. The average Bonchev–Trinajstić information content (AvgIpc) is 2.14. The number of carbonyl (C=O) groups is 1. The Labute approximate surface area is 78.8 Å². The first-order chi connectivity index (χ1) is 6.49. The standard InChI is InChI=1S/C7H11F3N2O2/c8-7(9,10)4-12-6(13)5-3-14-2-1-11-5/h5,11H,1-4H2,(H,12,13)/t5-/m0/s1. The number of carbonyl (C=O) groups excluding carboxylic acids is 1. The zero-order valence-corrected chi connectivity index (χ0v) is 7.36. The van der Waals surface area contributed by atoms with E-state index in [9.17, 15) is 18.0 Å². The van der Waals surface area contributed by atoms with Crippen LogP contribution >= 0.6 is 0 Å². The molecule has 0 bridgehead atoms. The van der Waals surface area contributed by atoms with Gasteiger partial charge in [-0.2, -0.15) is 13.2 Å². The molecule has 1 aliphatic heterocycles. The molecule has 14 heavy (non-hydrogen) atoms. The Morgan fingerprint density at radius 3 is 2.79 bits per heavy atom. The molecule has 1 amide bonds. The predicted octanol–water partition coefficient (Wildman–Crippen LogP) is -0.347. The van der Waals surface area contributed by atoms with Crippen LogP contribution in [0.4, 0.5) is 13.2 Å². The van der Waals surface area contributed by atoms with E-state index in [-0.39, 0.29) is 6.61 Å². The minimum Gasteiger partial charge on any atom is -0.378 e. The zero-order chi connectivity index (χ0) is 10.6. The zero-order valence-electron chi connectivity index (χ0n) is 7.36. The maximum absolute atomic E-state index is 11.7. The number of hydrogen-bond donors (Lipinski definition) is 2. The summed E-state index contributed by atoms with van der Waals surface area (Å²) in [6, 6.07) is -0.675. The first kappa shape index (κ1) is 11.3. The second-order valence-corrected chi connectivity index (χ2v) is 2.91.